The summed E-state index contributed by atoms with van der Waals surface area (Å²) in [5.74, 6) is 0.770. The van der Waals surface area contributed by atoms with Crippen molar-refractivity contribution in [2.45, 2.75) is 39.9 Å². The zero-order valence-corrected chi connectivity index (χ0v) is 46.8. The van der Waals surface area contributed by atoms with Crippen molar-refractivity contribution in [3.8, 4) is 95.5 Å². The minimum absolute atomic E-state index is 0. The van der Waals surface area contributed by atoms with Crippen LogP contribution >= 0.6 is 0 Å². The van der Waals surface area contributed by atoms with Gasteiger partial charge in [0.05, 0.1) is 48.2 Å². The van der Waals surface area contributed by atoms with Crippen LogP contribution in [-0.2, 0) is 26.5 Å². The fraction of sp³-hybridized carbons (Fsp3) is 0.0769. The zero-order chi connectivity index (χ0) is 81.2. The molecule has 3 aromatic heterocycles. The summed E-state index contributed by atoms with van der Waals surface area (Å²) < 4.78 is 277. The Kier molecular flexibility index (Phi) is 7.96. The summed E-state index contributed by atoms with van der Waals surface area (Å²) in [6.45, 7) is 0.293. The van der Waals surface area contributed by atoms with Crippen molar-refractivity contribution < 1.29 is 70.1 Å². The number of benzene rings is 11. The summed E-state index contributed by atoms with van der Waals surface area (Å²) in [6, 6.07) is 14.0. The topological polar surface area (TPSA) is 35.9 Å². The van der Waals surface area contributed by atoms with Gasteiger partial charge in [0.25, 0.3) is 6.33 Å². The van der Waals surface area contributed by atoms with E-state index < -0.39 is 225 Å². The van der Waals surface area contributed by atoms with Gasteiger partial charge in [0.2, 0.25) is 0 Å². The molecule has 0 spiro atoms. The van der Waals surface area contributed by atoms with E-state index in [0.717, 1.165) is 34.0 Å². The molecule has 6 heteroatoms. The number of pyridine rings is 1. The van der Waals surface area contributed by atoms with Crippen molar-refractivity contribution in [1.82, 2.24) is 14.1 Å². The predicted octanol–water partition coefficient (Wildman–Crippen LogP) is 19.5. The van der Waals surface area contributed by atoms with Crippen LogP contribution in [0, 0.1) is 32.2 Å². The number of para-hydroxylation sites is 1. The Hall–Kier alpha value is -9.67. The van der Waals surface area contributed by atoms with E-state index in [9.17, 15) is 17.8 Å². The molecule has 0 fully saturated rings. The molecule has 0 unspecified atom stereocenters. The summed E-state index contributed by atoms with van der Waals surface area (Å²) >= 11 is 0. The van der Waals surface area contributed by atoms with Crippen LogP contribution < -0.4 is 9.30 Å². The summed E-state index contributed by atoms with van der Waals surface area (Å²) in [6.07, 6.45) is 4.99. The molecule has 14 rings (SSSR count). The standard InChI is InChI=1S/C78H58N4O.Pt/c1-52-22-20-23-53(2)76(52)58-36-39-72-74(47-58)80(64-32-21-33-65(49-64)83-66-37-38-68-67-34-18-19-35-71(67)82(73(68)50-66)75-48-63(40-41-79-75)78(3,4)5)51-81(72)77-69(57-30-16-9-17-31-57)45-61(56-28-14-8-15-29-56)46-70(77)62-43-59(54-24-10-6-11-25-54)42-60(44-62)55-26-12-7-13-27-55;/h6-48H,1-5H3;/q-2;/i1D3,2D3,6D,7D,8D,9D,10D,11D,12D,13D,14D,15D,16D,17D,24D,25D,26D,27D,28D,29D,30D,31D,42D,43D,44D;. The summed E-state index contributed by atoms with van der Waals surface area (Å²) in [5, 5.41) is 1.67. The average molecular weight is 1290 g/mol. The Morgan fingerprint density at radius 2 is 1.11 bits per heavy atom. The zero-order valence-electron chi connectivity index (χ0n) is 73.6. The molecular weight excluding hydrogens is 1200 g/mol. The van der Waals surface area contributed by atoms with Crippen molar-refractivity contribution in [1.29, 1.82) is 0 Å². The van der Waals surface area contributed by atoms with Crippen LogP contribution in [0.1, 0.15) is 77.2 Å². The summed E-state index contributed by atoms with van der Waals surface area (Å²) in [4.78, 5) is 4.80. The molecule has 5 nitrogen and oxygen atoms in total. The molecule has 0 aliphatic heterocycles. The van der Waals surface area contributed by atoms with Gasteiger partial charge in [-0.3, -0.25) is 4.57 Å². The van der Waals surface area contributed by atoms with Gasteiger partial charge < -0.3 is 13.9 Å². The number of nitrogens with zero attached hydrogens (tertiary/aromatic N) is 4. The Bertz CT molecular complexity index is 6190. The quantitative estimate of drug-likeness (QED) is 0.0956. The van der Waals surface area contributed by atoms with E-state index in [0.29, 0.717) is 11.3 Å². The van der Waals surface area contributed by atoms with Crippen LogP contribution in [0.3, 0.4) is 0 Å². The van der Waals surface area contributed by atoms with E-state index in [2.05, 4.69) is 39.2 Å². The number of hydrogen-bond acceptors (Lipinski definition) is 2. The van der Waals surface area contributed by atoms with E-state index >= 15 is 0 Å². The average Bonchev–Trinajstić information content (AvgIpc) is 1.69. The van der Waals surface area contributed by atoms with Crippen LogP contribution in [0.5, 0.6) is 11.5 Å². The van der Waals surface area contributed by atoms with E-state index in [1.165, 1.54) is 51.6 Å². The van der Waals surface area contributed by atoms with Gasteiger partial charge in [-0.05, 0) is 168 Å². The minimum Gasteiger partial charge on any atom is -0.510 e. The van der Waals surface area contributed by atoms with Crippen LogP contribution in [0.25, 0.3) is 117 Å². The Morgan fingerprint density at radius 1 is 0.512 bits per heavy atom. The molecule has 3 heterocycles. The fourth-order valence-electron chi connectivity index (χ4n) is 10.2. The molecule has 0 aliphatic carbocycles. The van der Waals surface area contributed by atoms with E-state index in [1.54, 1.807) is 24.4 Å². The Balaban J connectivity index is 0.0000112. The second-order valence-corrected chi connectivity index (χ2v) is 20.2. The van der Waals surface area contributed by atoms with Gasteiger partial charge in [0.15, 0.2) is 0 Å². The molecule has 0 radical (unpaired) electrons. The molecule has 0 amide bonds. The maximum atomic E-state index is 10.6. The molecule has 0 saturated heterocycles. The smallest absolute Gasteiger partial charge is 0.268 e. The molecule has 408 valence electrons. The summed E-state index contributed by atoms with van der Waals surface area (Å²) in [7, 11) is 0. The molecule has 11 aromatic carbocycles. The second-order valence-electron chi connectivity index (χ2n) is 20.2. The Labute approximate surface area is 546 Å². The van der Waals surface area contributed by atoms with Crippen molar-refractivity contribution in [2.24, 2.45) is 0 Å². The molecule has 0 aliphatic rings. The number of rotatable bonds is 11. The van der Waals surface area contributed by atoms with Gasteiger partial charge >= 0.3 is 0 Å². The van der Waals surface area contributed by atoms with Crippen molar-refractivity contribution >= 4 is 32.8 Å². The van der Waals surface area contributed by atoms with Crippen LogP contribution in [0.2, 0.25) is 0 Å². The maximum Gasteiger partial charge on any atom is 0.268 e. The third-order valence-electron chi connectivity index (χ3n) is 14.0. The third-order valence-corrected chi connectivity index (χ3v) is 14.0. The van der Waals surface area contributed by atoms with E-state index in [1.807, 2.05) is 47.0 Å². The van der Waals surface area contributed by atoms with Crippen molar-refractivity contribution in [2.75, 3.05) is 0 Å². The van der Waals surface area contributed by atoms with Crippen molar-refractivity contribution in [3.63, 3.8) is 0 Å². The first-order valence-corrected chi connectivity index (χ1v) is 26.0. The predicted molar refractivity (Wildman–Crippen MR) is 341 cm³/mol. The first kappa shape index (κ1) is 30.0. The van der Waals surface area contributed by atoms with Gasteiger partial charge in [-0.25, -0.2) is 4.98 Å². The van der Waals surface area contributed by atoms with Crippen molar-refractivity contribution in [3.05, 3.63) is 296 Å². The first-order valence-electron chi connectivity index (χ1n) is 40.5. The van der Waals surface area contributed by atoms with Gasteiger partial charge in [-0.2, -0.15) is 18.2 Å². The molecule has 0 saturated carbocycles. The van der Waals surface area contributed by atoms with Gasteiger partial charge in [0, 0.05) is 52.5 Å². The number of imidazole rings is 1. The number of hydrogen-bond donors (Lipinski definition) is 0. The fourth-order valence-corrected chi connectivity index (χ4v) is 10.2. The van der Waals surface area contributed by atoms with E-state index in [4.69, 9.17) is 31.7 Å². The molecule has 84 heavy (non-hydrogen) atoms. The van der Waals surface area contributed by atoms with Crippen LogP contribution in [0.4, 0.5) is 0 Å². The van der Waals surface area contributed by atoms with Gasteiger partial charge in [0.1, 0.15) is 5.82 Å². The number of ether oxygens (including phenoxy) is 1. The third kappa shape index (κ3) is 10.1. The number of aromatic nitrogens is 4. The molecule has 0 atom stereocenters. The second kappa shape index (κ2) is 22.2. The normalized spacial score (nSPS) is 16.7. The monoisotopic (exact) mass is 1290 g/mol. The minimum atomic E-state index is -2.98. The van der Waals surface area contributed by atoms with Crippen LogP contribution in [0.15, 0.2) is 260 Å². The number of fused-ring (bicyclic) bond motifs is 4. The SMILES string of the molecule is [2H]c1c([2H])c([2H])c(-c2cc(-c3c([2H])c([2H])c([2H])c([2H])c3[2H])c(-[n+]3[c-]n(-c4[c-]c(Oc5[c-]c6c(cc5)c5ccccc5n6-c5cc(C(C)(C)C)ccn5)ccc4)c4cc(-c5c(C([2H])([2H])[2H])cccc5C([2H])([2H])[2H])ccc43)c(-c3c([2H])c(-c4c([2H])c([2H])c([2H])c([2H])c4[2H])c([2H])c(-c4c([2H])c([2H])c([2H])c([2H])c4[2H])c3[2H])c2)c([2H])c1[2H].[Pt]. The Morgan fingerprint density at radius 3 is 1.76 bits per heavy atom. The molecular formula is C78H58N4OPt-2. The molecule has 0 N–H and O–H groups in total. The van der Waals surface area contributed by atoms with Gasteiger partial charge in [-0.1, -0.05) is 196 Å². The largest absolute Gasteiger partial charge is 0.510 e. The van der Waals surface area contributed by atoms with Gasteiger partial charge in [-0.15, -0.1) is 29.7 Å². The molecule has 14 aromatic rings. The molecule has 0 bridgehead atoms. The van der Waals surface area contributed by atoms with E-state index in [-0.39, 0.29) is 65.8 Å². The summed E-state index contributed by atoms with van der Waals surface area (Å²) in [5.41, 5.74) is -7.22. The maximum absolute atomic E-state index is 10.6. The first-order chi connectivity index (χ1) is 52.6. The van der Waals surface area contributed by atoms with Crippen LogP contribution in [-0.4, -0.2) is 14.1 Å². The number of aryl methyl sites for hydroxylation is 2.